The van der Waals surface area contributed by atoms with E-state index in [0.717, 1.165) is 17.0 Å². The molecule has 1 aromatic heterocycles. The number of nitrogens with one attached hydrogen (secondary N) is 1. The van der Waals surface area contributed by atoms with Crippen LogP contribution in [-0.2, 0) is 21.4 Å². The summed E-state index contributed by atoms with van der Waals surface area (Å²) in [4.78, 5) is 23.9. The zero-order valence-electron chi connectivity index (χ0n) is 15.6. The Morgan fingerprint density at radius 2 is 1.92 bits per heavy atom. The Morgan fingerprint density at radius 3 is 2.33 bits per heavy atom. The van der Waals surface area contributed by atoms with E-state index in [1.165, 1.54) is 0 Å². The van der Waals surface area contributed by atoms with E-state index in [4.69, 9.17) is 4.74 Å². The van der Waals surface area contributed by atoms with Gasteiger partial charge in [-0.15, -0.1) is 0 Å². The Labute approximate surface area is 143 Å². The van der Waals surface area contributed by atoms with Crippen LogP contribution in [0.3, 0.4) is 0 Å². The minimum absolute atomic E-state index is 0.218. The van der Waals surface area contributed by atoms with Crippen molar-refractivity contribution in [3.8, 4) is 0 Å². The summed E-state index contributed by atoms with van der Waals surface area (Å²) in [5.74, 6) is -1.85. The maximum atomic E-state index is 12.5. The van der Waals surface area contributed by atoms with Gasteiger partial charge in [0, 0.05) is 31.3 Å². The molecule has 7 heteroatoms. The lowest BCUT2D eigenvalue weighted by atomic mass is 9.97. The molecule has 2 atom stereocenters. The van der Waals surface area contributed by atoms with Crippen LogP contribution in [0, 0.1) is 13.8 Å². The molecule has 24 heavy (non-hydrogen) atoms. The molecule has 0 radical (unpaired) electrons. The summed E-state index contributed by atoms with van der Waals surface area (Å²) in [6.07, 6.45) is 0.218. The number of aromatic nitrogens is 2. The molecule has 0 saturated heterocycles. The molecule has 1 aromatic rings. The first kappa shape index (κ1) is 20.2. The molecule has 2 N–H and O–H groups in total. The zero-order valence-corrected chi connectivity index (χ0v) is 15.6. The van der Waals surface area contributed by atoms with Gasteiger partial charge in [-0.3, -0.25) is 9.48 Å². The fraction of sp³-hybridized carbons (Fsp3) is 0.706. The van der Waals surface area contributed by atoms with Crippen molar-refractivity contribution in [3.05, 3.63) is 17.0 Å². The smallest absolute Gasteiger partial charge is 0.326 e. The molecule has 2 unspecified atom stereocenters. The highest BCUT2D eigenvalue weighted by Gasteiger charge is 2.27. The largest absolute Gasteiger partial charge is 0.480 e. The van der Waals surface area contributed by atoms with Crippen molar-refractivity contribution >= 4 is 11.9 Å². The zero-order chi connectivity index (χ0) is 18.7. The van der Waals surface area contributed by atoms with Gasteiger partial charge in [-0.05, 0) is 41.5 Å². The number of carbonyl (C=O) groups excluding carboxylic acids is 1. The van der Waals surface area contributed by atoms with Crippen LogP contribution in [-0.4, -0.2) is 45.0 Å². The third-order valence-electron chi connectivity index (χ3n) is 3.95. The Bertz CT molecular complexity index is 602. The van der Waals surface area contributed by atoms with E-state index < -0.39 is 17.9 Å². The fourth-order valence-electron chi connectivity index (χ4n) is 2.58. The Hall–Kier alpha value is -1.89. The van der Waals surface area contributed by atoms with Gasteiger partial charge in [0.05, 0.1) is 17.2 Å². The van der Waals surface area contributed by atoms with Gasteiger partial charge in [0.15, 0.2) is 0 Å². The number of carboxylic acid groups (broad SMARTS) is 1. The van der Waals surface area contributed by atoms with E-state index in [0.29, 0.717) is 0 Å². The molecule has 136 valence electrons. The van der Waals surface area contributed by atoms with Crippen molar-refractivity contribution < 1.29 is 19.4 Å². The Balaban J connectivity index is 2.76. The molecule has 1 heterocycles. The lowest BCUT2D eigenvalue weighted by molar-refractivity contribution is -0.143. The summed E-state index contributed by atoms with van der Waals surface area (Å²) in [7, 11) is 1.82. The fourth-order valence-corrected chi connectivity index (χ4v) is 2.58. The molecule has 0 aliphatic heterocycles. The number of aryl methyl sites for hydroxylation is 2. The maximum absolute atomic E-state index is 12.5. The van der Waals surface area contributed by atoms with Crippen LogP contribution < -0.4 is 5.32 Å². The maximum Gasteiger partial charge on any atom is 0.326 e. The minimum Gasteiger partial charge on any atom is -0.480 e. The van der Waals surface area contributed by atoms with Gasteiger partial charge in [-0.1, -0.05) is 0 Å². The number of hydrogen-bond acceptors (Lipinski definition) is 4. The predicted octanol–water partition coefficient (Wildman–Crippen LogP) is 1.92. The molecule has 0 aromatic carbocycles. The molecule has 0 bridgehead atoms. The summed E-state index contributed by atoms with van der Waals surface area (Å²) in [5, 5.41) is 16.2. The average molecular weight is 339 g/mol. The van der Waals surface area contributed by atoms with E-state index >= 15 is 0 Å². The number of aliphatic carboxylic acids is 1. The number of carbonyl (C=O) groups is 2. The number of hydrogen-bond donors (Lipinski definition) is 2. The molecule has 1 amide bonds. The number of carboxylic acids is 1. The van der Waals surface area contributed by atoms with Crippen molar-refractivity contribution in [1.29, 1.82) is 0 Å². The first-order chi connectivity index (χ1) is 10.9. The van der Waals surface area contributed by atoms with Crippen LogP contribution in [0.2, 0.25) is 0 Å². The molecule has 1 rings (SSSR count). The van der Waals surface area contributed by atoms with Crippen molar-refractivity contribution in [2.45, 2.75) is 65.5 Å². The summed E-state index contributed by atoms with van der Waals surface area (Å²) >= 11 is 0. The highest BCUT2D eigenvalue weighted by atomic mass is 16.5. The van der Waals surface area contributed by atoms with Gasteiger partial charge in [0.1, 0.15) is 6.04 Å². The first-order valence-corrected chi connectivity index (χ1v) is 8.11. The lowest BCUT2D eigenvalue weighted by Gasteiger charge is -2.22. The van der Waals surface area contributed by atoms with Crippen molar-refractivity contribution in [1.82, 2.24) is 15.1 Å². The summed E-state index contributed by atoms with van der Waals surface area (Å²) in [6, 6.07) is -0.973. The van der Waals surface area contributed by atoms with E-state index in [-0.39, 0.29) is 24.5 Å². The normalized spacial score (nSPS) is 14.3. The van der Waals surface area contributed by atoms with Crippen LogP contribution in [0.25, 0.3) is 0 Å². The number of amides is 1. The highest BCUT2D eigenvalue weighted by Crippen LogP contribution is 2.23. The molecular formula is C17H29N3O4. The average Bonchev–Trinajstić information content (AvgIpc) is 2.68. The molecule has 7 nitrogen and oxygen atoms in total. The second-order valence-corrected chi connectivity index (χ2v) is 7.08. The van der Waals surface area contributed by atoms with Crippen LogP contribution in [0.5, 0.6) is 0 Å². The summed E-state index contributed by atoms with van der Waals surface area (Å²) in [6.45, 7) is 11.5. The van der Waals surface area contributed by atoms with Crippen LogP contribution in [0.1, 0.15) is 57.0 Å². The minimum atomic E-state index is -1.06. The molecule has 0 spiro atoms. The predicted molar refractivity (Wildman–Crippen MR) is 91.0 cm³/mol. The molecule has 0 aliphatic rings. The van der Waals surface area contributed by atoms with Gasteiger partial charge in [-0.25, -0.2) is 4.79 Å². The van der Waals surface area contributed by atoms with Gasteiger partial charge in [0.25, 0.3) is 0 Å². The number of ether oxygens (including phenoxy) is 1. The van der Waals surface area contributed by atoms with Crippen LogP contribution in [0.4, 0.5) is 0 Å². The molecule has 0 fully saturated rings. The van der Waals surface area contributed by atoms with E-state index in [2.05, 4.69) is 10.4 Å². The molecule has 0 saturated carbocycles. The van der Waals surface area contributed by atoms with E-state index in [1.54, 1.807) is 11.6 Å². The van der Waals surface area contributed by atoms with Gasteiger partial charge >= 0.3 is 5.97 Å². The van der Waals surface area contributed by atoms with Crippen molar-refractivity contribution in [2.24, 2.45) is 7.05 Å². The number of rotatable bonds is 7. The quantitative estimate of drug-likeness (QED) is 0.791. The third-order valence-corrected chi connectivity index (χ3v) is 3.95. The lowest BCUT2D eigenvalue weighted by Crippen LogP contribution is -2.43. The van der Waals surface area contributed by atoms with Crippen LogP contribution >= 0.6 is 0 Å². The van der Waals surface area contributed by atoms with Gasteiger partial charge in [0.2, 0.25) is 5.91 Å². The number of nitrogens with zero attached hydrogens (tertiary/aromatic N) is 2. The van der Waals surface area contributed by atoms with Gasteiger partial charge < -0.3 is 15.2 Å². The second-order valence-electron chi connectivity index (χ2n) is 7.08. The van der Waals surface area contributed by atoms with Crippen molar-refractivity contribution in [3.63, 3.8) is 0 Å². The standard InChI is InChI=1S/C17H29N3O4/c1-10(14-11(2)19-20(7)12(14)3)15(21)18-13(16(22)23)8-9-24-17(4,5)6/h10,13H,8-9H2,1-7H3,(H,18,21)(H,22,23). The van der Waals surface area contributed by atoms with E-state index in [1.807, 2.05) is 41.7 Å². The van der Waals surface area contributed by atoms with E-state index in [9.17, 15) is 14.7 Å². The topological polar surface area (TPSA) is 93.5 Å². The van der Waals surface area contributed by atoms with Crippen molar-refractivity contribution in [2.75, 3.05) is 6.61 Å². The first-order valence-electron chi connectivity index (χ1n) is 8.11. The summed E-state index contributed by atoms with van der Waals surface area (Å²) < 4.78 is 7.27. The Morgan fingerprint density at radius 1 is 1.33 bits per heavy atom. The highest BCUT2D eigenvalue weighted by molar-refractivity contribution is 5.88. The van der Waals surface area contributed by atoms with Crippen LogP contribution in [0.15, 0.2) is 0 Å². The SMILES string of the molecule is Cc1nn(C)c(C)c1C(C)C(=O)NC(CCOC(C)(C)C)C(=O)O. The summed E-state index contributed by atoms with van der Waals surface area (Å²) in [5.41, 5.74) is 2.17. The van der Waals surface area contributed by atoms with Gasteiger partial charge in [-0.2, -0.15) is 5.10 Å². The molecular weight excluding hydrogens is 310 g/mol. The second kappa shape index (κ2) is 7.79. The molecule has 0 aliphatic carbocycles. The monoisotopic (exact) mass is 339 g/mol. The third kappa shape index (κ3) is 5.33. The Kier molecular flexibility index (Phi) is 6.54.